The number of halogens is 1. The van der Waals surface area contributed by atoms with Gasteiger partial charge in [-0.2, -0.15) is 5.10 Å². The largest absolute Gasteiger partial charge is 0.489 e. The molecule has 1 N–H and O–H groups in total. The molecule has 0 unspecified atom stereocenters. The van der Waals surface area contributed by atoms with Crippen LogP contribution in [0, 0.1) is 0 Å². The Hall–Kier alpha value is -3.19. The third kappa shape index (κ3) is 7.70. The fraction of sp³-hybridized carbons (Fsp3) is 0.259. The monoisotopic (exact) mass is 476 g/mol. The van der Waals surface area contributed by atoms with Gasteiger partial charge in [0.25, 0.3) is 5.91 Å². The van der Waals surface area contributed by atoms with Crippen molar-refractivity contribution in [2.24, 2.45) is 5.10 Å². The summed E-state index contributed by atoms with van der Waals surface area (Å²) in [5.74, 6) is 0.686. The fourth-order valence-corrected chi connectivity index (χ4v) is 3.89. The Morgan fingerprint density at radius 3 is 2.26 bits per heavy atom. The van der Waals surface area contributed by atoms with E-state index in [2.05, 4.69) is 32.5 Å². The van der Waals surface area contributed by atoms with Crippen molar-refractivity contribution in [2.45, 2.75) is 13.2 Å². The molecule has 0 atom stereocenters. The van der Waals surface area contributed by atoms with E-state index in [1.807, 2.05) is 66.7 Å². The number of nitrogens with zero attached hydrogens (tertiary/aromatic N) is 3. The molecule has 0 aliphatic carbocycles. The first-order valence-electron chi connectivity index (χ1n) is 11.4. The fourth-order valence-electron chi connectivity index (χ4n) is 3.76. The second-order valence-corrected chi connectivity index (χ2v) is 8.75. The van der Waals surface area contributed by atoms with Crippen LogP contribution in [-0.2, 0) is 17.9 Å². The number of carbonyl (C=O) groups excluding carboxylic acids is 1. The van der Waals surface area contributed by atoms with Gasteiger partial charge in [0.1, 0.15) is 12.4 Å². The number of benzene rings is 3. The standard InChI is InChI=1S/C27H29ClN4O2/c28-25-10-6-23(7-11-25)19-31-14-16-32(17-15-31)20-27(33)30-29-18-22-8-12-26(13-9-22)34-21-24-4-2-1-3-5-24/h1-13,18H,14-17,19-21H2,(H,30,33)/b29-18-. The Bertz CT molecular complexity index is 1060. The van der Waals surface area contributed by atoms with Crippen LogP contribution in [0.5, 0.6) is 5.75 Å². The molecule has 3 aromatic rings. The van der Waals surface area contributed by atoms with Gasteiger partial charge >= 0.3 is 0 Å². The van der Waals surface area contributed by atoms with Gasteiger partial charge in [0.05, 0.1) is 12.8 Å². The van der Waals surface area contributed by atoms with Crippen LogP contribution in [0.1, 0.15) is 16.7 Å². The van der Waals surface area contributed by atoms with Crippen LogP contribution < -0.4 is 10.2 Å². The molecule has 1 saturated heterocycles. The average molecular weight is 477 g/mol. The molecule has 7 heteroatoms. The molecule has 0 saturated carbocycles. The Kier molecular flexibility index (Phi) is 8.68. The SMILES string of the molecule is O=C(CN1CCN(Cc2ccc(Cl)cc2)CC1)N/N=C\c1ccc(OCc2ccccc2)cc1. The summed E-state index contributed by atoms with van der Waals surface area (Å²) in [7, 11) is 0. The molecule has 0 radical (unpaired) electrons. The van der Waals surface area contributed by atoms with Crippen LogP contribution in [-0.4, -0.2) is 54.6 Å². The minimum Gasteiger partial charge on any atom is -0.489 e. The highest BCUT2D eigenvalue weighted by Crippen LogP contribution is 2.14. The number of amides is 1. The molecule has 0 bridgehead atoms. The molecule has 1 fully saturated rings. The lowest BCUT2D eigenvalue weighted by molar-refractivity contribution is -0.122. The van der Waals surface area contributed by atoms with Crippen LogP contribution in [0.4, 0.5) is 0 Å². The van der Waals surface area contributed by atoms with Crippen molar-refractivity contribution >= 4 is 23.7 Å². The minimum absolute atomic E-state index is 0.106. The molecule has 176 valence electrons. The van der Waals surface area contributed by atoms with Crippen molar-refractivity contribution in [3.05, 3.63) is 101 Å². The minimum atomic E-state index is -0.106. The van der Waals surface area contributed by atoms with E-state index in [4.69, 9.17) is 16.3 Å². The lowest BCUT2D eigenvalue weighted by atomic mass is 10.2. The Labute approximate surface area is 205 Å². The second kappa shape index (κ2) is 12.3. The molecule has 4 rings (SSSR count). The Morgan fingerprint density at radius 2 is 1.56 bits per heavy atom. The van der Waals surface area contributed by atoms with Crippen LogP contribution in [0.3, 0.4) is 0 Å². The van der Waals surface area contributed by atoms with E-state index >= 15 is 0 Å². The molecule has 34 heavy (non-hydrogen) atoms. The maximum absolute atomic E-state index is 12.3. The highest BCUT2D eigenvalue weighted by molar-refractivity contribution is 6.30. The lowest BCUT2D eigenvalue weighted by Crippen LogP contribution is -2.48. The molecule has 0 spiro atoms. The predicted octanol–water partition coefficient (Wildman–Crippen LogP) is 4.19. The molecular weight excluding hydrogens is 448 g/mol. The van der Waals surface area contributed by atoms with E-state index in [9.17, 15) is 4.79 Å². The number of hydrogen-bond acceptors (Lipinski definition) is 5. The van der Waals surface area contributed by atoms with Gasteiger partial charge in [0.2, 0.25) is 0 Å². The predicted molar refractivity (Wildman–Crippen MR) is 136 cm³/mol. The molecular formula is C27H29ClN4O2. The molecule has 1 heterocycles. The number of rotatable bonds is 9. The molecule has 1 aliphatic rings. The Balaban J connectivity index is 1.14. The summed E-state index contributed by atoms with van der Waals surface area (Å²) in [4.78, 5) is 16.8. The molecule has 1 amide bonds. The van der Waals surface area contributed by atoms with Crippen LogP contribution >= 0.6 is 11.6 Å². The topological polar surface area (TPSA) is 57.2 Å². The third-order valence-corrected chi connectivity index (χ3v) is 5.93. The van der Waals surface area contributed by atoms with Crippen molar-refractivity contribution in [1.82, 2.24) is 15.2 Å². The zero-order chi connectivity index (χ0) is 23.6. The van der Waals surface area contributed by atoms with Crippen LogP contribution in [0.25, 0.3) is 0 Å². The first kappa shape index (κ1) is 24.0. The summed E-state index contributed by atoms with van der Waals surface area (Å²) in [6.07, 6.45) is 1.64. The van der Waals surface area contributed by atoms with Crippen LogP contribution in [0.2, 0.25) is 5.02 Å². The smallest absolute Gasteiger partial charge is 0.254 e. The van der Waals surface area contributed by atoms with Crippen molar-refractivity contribution in [2.75, 3.05) is 32.7 Å². The molecule has 6 nitrogen and oxygen atoms in total. The molecule has 0 aromatic heterocycles. The van der Waals surface area contributed by atoms with E-state index < -0.39 is 0 Å². The summed E-state index contributed by atoms with van der Waals surface area (Å²) in [6, 6.07) is 25.6. The first-order chi connectivity index (χ1) is 16.6. The molecule has 1 aliphatic heterocycles. The van der Waals surface area contributed by atoms with E-state index in [1.165, 1.54) is 5.56 Å². The van der Waals surface area contributed by atoms with E-state index in [0.717, 1.165) is 54.6 Å². The summed E-state index contributed by atoms with van der Waals surface area (Å²) >= 11 is 5.96. The van der Waals surface area contributed by atoms with Gasteiger partial charge in [-0.15, -0.1) is 0 Å². The van der Waals surface area contributed by atoms with Crippen molar-refractivity contribution in [1.29, 1.82) is 0 Å². The summed E-state index contributed by atoms with van der Waals surface area (Å²) < 4.78 is 5.79. The van der Waals surface area contributed by atoms with E-state index in [-0.39, 0.29) is 5.91 Å². The van der Waals surface area contributed by atoms with Crippen molar-refractivity contribution in [3.63, 3.8) is 0 Å². The number of piperazine rings is 1. The van der Waals surface area contributed by atoms with E-state index in [0.29, 0.717) is 13.2 Å². The normalized spacial score (nSPS) is 14.9. The van der Waals surface area contributed by atoms with Gasteiger partial charge in [-0.1, -0.05) is 54.1 Å². The maximum atomic E-state index is 12.3. The summed E-state index contributed by atoms with van der Waals surface area (Å²) in [6.45, 7) is 5.34. The second-order valence-electron chi connectivity index (χ2n) is 8.32. The van der Waals surface area contributed by atoms with Gasteiger partial charge < -0.3 is 4.74 Å². The van der Waals surface area contributed by atoms with Gasteiger partial charge in [0.15, 0.2) is 0 Å². The number of carbonyl (C=O) groups is 1. The molecule has 3 aromatic carbocycles. The average Bonchev–Trinajstić information content (AvgIpc) is 2.87. The van der Waals surface area contributed by atoms with Crippen LogP contribution in [0.15, 0.2) is 84.0 Å². The quantitative estimate of drug-likeness (QED) is 0.371. The van der Waals surface area contributed by atoms with E-state index in [1.54, 1.807) is 6.21 Å². The maximum Gasteiger partial charge on any atom is 0.254 e. The zero-order valence-electron chi connectivity index (χ0n) is 19.1. The number of nitrogens with one attached hydrogen (secondary N) is 1. The first-order valence-corrected chi connectivity index (χ1v) is 11.8. The highest BCUT2D eigenvalue weighted by Gasteiger charge is 2.18. The third-order valence-electron chi connectivity index (χ3n) is 5.68. The summed E-state index contributed by atoms with van der Waals surface area (Å²) in [5, 5.41) is 4.85. The number of hydrogen-bond donors (Lipinski definition) is 1. The van der Waals surface area contributed by atoms with Gasteiger partial charge in [0, 0.05) is 37.7 Å². The van der Waals surface area contributed by atoms with Crippen molar-refractivity contribution < 1.29 is 9.53 Å². The van der Waals surface area contributed by atoms with Gasteiger partial charge in [-0.3, -0.25) is 14.6 Å². The van der Waals surface area contributed by atoms with Crippen molar-refractivity contribution in [3.8, 4) is 5.75 Å². The van der Waals surface area contributed by atoms with Gasteiger partial charge in [-0.05, 0) is 53.1 Å². The number of ether oxygens (including phenoxy) is 1. The lowest BCUT2D eigenvalue weighted by Gasteiger charge is -2.34. The summed E-state index contributed by atoms with van der Waals surface area (Å²) in [5.41, 5.74) is 5.89. The highest BCUT2D eigenvalue weighted by atomic mass is 35.5. The number of hydrazone groups is 1. The zero-order valence-corrected chi connectivity index (χ0v) is 19.8. The Morgan fingerprint density at radius 1 is 0.882 bits per heavy atom. The van der Waals surface area contributed by atoms with Gasteiger partial charge in [-0.25, -0.2) is 5.43 Å².